The number of nitrogens with one attached hydrogen (secondary N) is 1. The molecule has 1 aliphatic rings. The van der Waals surface area contributed by atoms with Crippen LogP contribution in [0.25, 0.3) is 0 Å². The monoisotopic (exact) mass is 296 g/mol. The number of morpholine rings is 1. The molecule has 0 aliphatic carbocycles. The number of benzene rings is 1. The van der Waals surface area contributed by atoms with Crippen LogP contribution in [0.4, 0.5) is 15.8 Å². The Hall–Kier alpha value is -1.82. The molecule has 2 rings (SSSR count). The van der Waals surface area contributed by atoms with Crippen molar-refractivity contribution in [2.24, 2.45) is 0 Å². The summed E-state index contributed by atoms with van der Waals surface area (Å²) in [6.45, 7) is 6.35. The molecule has 0 spiro atoms. The highest BCUT2D eigenvalue weighted by Gasteiger charge is 2.17. The molecule has 0 amide bonds. The molecule has 1 N–H and O–H groups in total. The zero-order chi connectivity index (χ0) is 15.2. The average Bonchev–Trinajstić information content (AvgIpc) is 2.48. The van der Waals surface area contributed by atoms with E-state index in [-0.39, 0.29) is 11.8 Å². The quantitative estimate of drug-likeness (QED) is 0.843. The largest absolute Gasteiger partial charge is 0.464 e. The van der Waals surface area contributed by atoms with Crippen LogP contribution in [-0.2, 0) is 14.3 Å². The Labute approximate surface area is 124 Å². The van der Waals surface area contributed by atoms with Gasteiger partial charge >= 0.3 is 5.97 Å². The number of hydrogen-bond acceptors (Lipinski definition) is 5. The molecule has 1 fully saturated rings. The van der Waals surface area contributed by atoms with E-state index in [1.54, 1.807) is 26.0 Å². The maximum absolute atomic E-state index is 14.2. The van der Waals surface area contributed by atoms with Gasteiger partial charge in [-0.05, 0) is 32.0 Å². The van der Waals surface area contributed by atoms with Crippen LogP contribution in [0.15, 0.2) is 18.2 Å². The van der Waals surface area contributed by atoms with Gasteiger partial charge in [0.25, 0.3) is 0 Å². The number of carbonyl (C=O) groups is 1. The SMILES string of the molecule is CCOC(=O)[C@H](C)Nc1ccc(N2CCOCC2)c(F)c1. The molecular formula is C15H21FN2O3. The van der Waals surface area contributed by atoms with Gasteiger partial charge in [0.1, 0.15) is 11.9 Å². The van der Waals surface area contributed by atoms with Crippen molar-refractivity contribution < 1.29 is 18.7 Å². The standard InChI is InChI=1S/C15H21FN2O3/c1-3-21-15(19)11(2)17-12-4-5-14(13(16)10-12)18-6-8-20-9-7-18/h4-5,10-11,17H,3,6-9H2,1-2H3/t11-/m0/s1. The first-order valence-corrected chi connectivity index (χ1v) is 7.17. The van der Waals surface area contributed by atoms with E-state index in [1.807, 2.05) is 4.90 Å². The van der Waals surface area contributed by atoms with E-state index in [0.717, 1.165) is 0 Å². The summed E-state index contributed by atoms with van der Waals surface area (Å²) in [5.74, 6) is -0.659. The second-order valence-electron chi connectivity index (χ2n) is 4.88. The van der Waals surface area contributed by atoms with Crippen molar-refractivity contribution in [2.75, 3.05) is 43.1 Å². The Bertz CT molecular complexity index is 490. The molecule has 21 heavy (non-hydrogen) atoms. The molecule has 0 saturated carbocycles. The molecule has 0 unspecified atom stereocenters. The highest BCUT2D eigenvalue weighted by molar-refractivity contribution is 5.79. The van der Waals surface area contributed by atoms with Crippen LogP contribution in [0.1, 0.15) is 13.8 Å². The summed E-state index contributed by atoms with van der Waals surface area (Å²) >= 11 is 0. The van der Waals surface area contributed by atoms with Crippen molar-refractivity contribution in [3.05, 3.63) is 24.0 Å². The minimum Gasteiger partial charge on any atom is -0.464 e. The van der Waals surface area contributed by atoms with Crippen molar-refractivity contribution in [3.8, 4) is 0 Å². The highest BCUT2D eigenvalue weighted by atomic mass is 19.1. The van der Waals surface area contributed by atoms with Gasteiger partial charge in [0.15, 0.2) is 0 Å². The molecule has 1 saturated heterocycles. The maximum Gasteiger partial charge on any atom is 0.328 e. The fraction of sp³-hybridized carbons (Fsp3) is 0.533. The third-order valence-electron chi connectivity index (χ3n) is 3.32. The normalized spacial score (nSPS) is 16.4. The molecule has 116 valence electrons. The Morgan fingerprint density at radius 2 is 2.19 bits per heavy atom. The predicted molar refractivity (Wildman–Crippen MR) is 79.1 cm³/mol. The molecule has 1 aliphatic heterocycles. The van der Waals surface area contributed by atoms with Gasteiger partial charge < -0.3 is 19.7 Å². The van der Waals surface area contributed by atoms with Crippen LogP contribution in [0.3, 0.4) is 0 Å². The number of rotatable bonds is 5. The van der Waals surface area contributed by atoms with Gasteiger partial charge in [-0.15, -0.1) is 0 Å². The second kappa shape index (κ2) is 7.26. The lowest BCUT2D eigenvalue weighted by atomic mass is 10.2. The highest BCUT2D eigenvalue weighted by Crippen LogP contribution is 2.24. The fourth-order valence-electron chi connectivity index (χ4n) is 2.23. The van der Waals surface area contributed by atoms with Gasteiger partial charge in [0, 0.05) is 18.8 Å². The summed E-state index contributed by atoms with van der Waals surface area (Å²) in [5.41, 5.74) is 1.12. The van der Waals surface area contributed by atoms with E-state index in [1.165, 1.54) is 6.07 Å². The van der Waals surface area contributed by atoms with Crippen LogP contribution < -0.4 is 10.2 Å². The third kappa shape index (κ3) is 4.07. The minimum absolute atomic E-state index is 0.307. The molecule has 0 aromatic heterocycles. The topological polar surface area (TPSA) is 50.8 Å². The molecular weight excluding hydrogens is 275 g/mol. The lowest BCUT2D eigenvalue weighted by molar-refractivity contribution is -0.143. The molecule has 1 aromatic rings. The van der Waals surface area contributed by atoms with Gasteiger partial charge in [0.2, 0.25) is 0 Å². The Balaban J connectivity index is 2.03. The van der Waals surface area contributed by atoms with E-state index in [9.17, 15) is 9.18 Å². The average molecular weight is 296 g/mol. The number of esters is 1. The summed E-state index contributed by atoms with van der Waals surface area (Å²) in [4.78, 5) is 13.5. The Morgan fingerprint density at radius 3 is 2.81 bits per heavy atom. The number of ether oxygens (including phenoxy) is 2. The smallest absolute Gasteiger partial charge is 0.328 e. The van der Waals surface area contributed by atoms with Crippen LogP contribution in [-0.4, -0.2) is 44.9 Å². The summed E-state index contributed by atoms with van der Waals surface area (Å²) < 4.78 is 24.4. The first-order valence-electron chi connectivity index (χ1n) is 7.17. The number of halogens is 1. The zero-order valence-electron chi connectivity index (χ0n) is 12.4. The van der Waals surface area contributed by atoms with Gasteiger partial charge in [0.05, 0.1) is 25.5 Å². The third-order valence-corrected chi connectivity index (χ3v) is 3.32. The molecule has 0 radical (unpaired) electrons. The molecule has 1 aromatic carbocycles. The van der Waals surface area contributed by atoms with Gasteiger partial charge in [-0.2, -0.15) is 0 Å². The van der Waals surface area contributed by atoms with E-state index in [4.69, 9.17) is 9.47 Å². The van der Waals surface area contributed by atoms with Crippen LogP contribution in [0.5, 0.6) is 0 Å². The molecule has 5 nitrogen and oxygen atoms in total. The molecule has 0 bridgehead atoms. The number of carbonyl (C=O) groups excluding carboxylic acids is 1. The number of anilines is 2. The van der Waals surface area contributed by atoms with Crippen LogP contribution in [0, 0.1) is 5.82 Å². The Kier molecular flexibility index (Phi) is 5.38. The second-order valence-corrected chi connectivity index (χ2v) is 4.88. The summed E-state index contributed by atoms with van der Waals surface area (Å²) in [6.07, 6.45) is 0. The van der Waals surface area contributed by atoms with E-state index >= 15 is 0 Å². The Morgan fingerprint density at radius 1 is 1.48 bits per heavy atom. The zero-order valence-corrected chi connectivity index (χ0v) is 12.4. The molecule has 6 heteroatoms. The van der Waals surface area contributed by atoms with Crippen molar-refractivity contribution in [3.63, 3.8) is 0 Å². The van der Waals surface area contributed by atoms with E-state index in [2.05, 4.69) is 5.32 Å². The predicted octanol–water partition coefficient (Wildman–Crippen LogP) is 2.03. The molecule has 1 heterocycles. The number of nitrogens with zero attached hydrogens (tertiary/aromatic N) is 1. The summed E-state index contributed by atoms with van der Waals surface area (Å²) in [7, 11) is 0. The number of hydrogen-bond donors (Lipinski definition) is 1. The summed E-state index contributed by atoms with van der Waals surface area (Å²) in [5, 5.41) is 2.94. The van der Waals surface area contributed by atoms with Crippen LogP contribution >= 0.6 is 0 Å². The van der Waals surface area contributed by atoms with Crippen molar-refractivity contribution in [1.29, 1.82) is 0 Å². The van der Waals surface area contributed by atoms with Crippen molar-refractivity contribution >= 4 is 17.3 Å². The minimum atomic E-state index is -0.515. The first kappa shape index (κ1) is 15.6. The molecule has 1 atom stereocenters. The maximum atomic E-state index is 14.2. The lowest BCUT2D eigenvalue weighted by Gasteiger charge is -2.29. The first-order chi connectivity index (χ1) is 10.1. The van der Waals surface area contributed by atoms with Gasteiger partial charge in [-0.3, -0.25) is 0 Å². The van der Waals surface area contributed by atoms with E-state index < -0.39 is 6.04 Å². The van der Waals surface area contributed by atoms with Crippen molar-refractivity contribution in [1.82, 2.24) is 0 Å². The lowest BCUT2D eigenvalue weighted by Crippen LogP contribution is -2.36. The summed E-state index contributed by atoms with van der Waals surface area (Å²) in [6, 6.07) is 4.38. The van der Waals surface area contributed by atoms with E-state index in [0.29, 0.717) is 44.3 Å². The van der Waals surface area contributed by atoms with Crippen molar-refractivity contribution in [2.45, 2.75) is 19.9 Å². The fourth-order valence-corrected chi connectivity index (χ4v) is 2.23. The van der Waals surface area contributed by atoms with Gasteiger partial charge in [-0.1, -0.05) is 0 Å². The van der Waals surface area contributed by atoms with Gasteiger partial charge in [-0.25, -0.2) is 9.18 Å². The van der Waals surface area contributed by atoms with Crippen LogP contribution in [0.2, 0.25) is 0 Å².